The summed E-state index contributed by atoms with van der Waals surface area (Å²) in [5.41, 5.74) is 1.16. The summed E-state index contributed by atoms with van der Waals surface area (Å²) in [6, 6.07) is 6.65. The van der Waals surface area contributed by atoms with Crippen LogP contribution in [-0.4, -0.2) is 26.3 Å². The smallest absolute Gasteiger partial charge is 0.123 e. The standard InChI is InChI=1S/C13H20FNO/c1-2-10-16-11-9-15-8-7-12-3-5-13(14)6-4-12/h3-6,15H,2,7-11H2,1H3. The summed E-state index contributed by atoms with van der Waals surface area (Å²) in [6.07, 6.45) is 1.99. The van der Waals surface area contributed by atoms with Gasteiger partial charge in [-0.05, 0) is 37.1 Å². The monoisotopic (exact) mass is 225 g/mol. The molecule has 0 unspecified atom stereocenters. The van der Waals surface area contributed by atoms with E-state index in [1.54, 1.807) is 0 Å². The van der Waals surface area contributed by atoms with Gasteiger partial charge >= 0.3 is 0 Å². The highest BCUT2D eigenvalue weighted by Crippen LogP contribution is 2.02. The normalized spacial score (nSPS) is 10.6. The molecular weight excluding hydrogens is 205 g/mol. The van der Waals surface area contributed by atoms with Crippen LogP contribution in [0.25, 0.3) is 0 Å². The van der Waals surface area contributed by atoms with Crippen LogP contribution in [0.3, 0.4) is 0 Å². The van der Waals surface area contributed by atoms with Crippen LogP contribution in [0.15, 0.2) is 24.3 Å². The Hall–Kier alpha value is -0.930. The summed E-state index contributed by atoms with van der Waals surface area (Å²) in [7, 11) is 0. The van der Waals surface area contributed by atoms with Gasteiger partial charge in [-0.1, -0.05) is 19.1 Å². The molecule has 0 saturated heterocycles. The highest BCUT2D eigenvalue weighted by atomic mass is 19.1. The third kappa shape index (κ3) is 5.83. The molecule has 0 aliphatic heterocycles. The van der Waals surface area contributed by atoms with Crippen molar-refractivity contribution in [2.75, 3.05) is 26.3 Å². The molecule has 3 heteroatoms. The van der Waals surface area contributed by atoms with Gasteiger partial charge in [-0.3, -0.25) is 0 Å². The molecule has 1 aromatic carbocycles. The minimum absolute atomic E-state index is 0.176. The van der Waals surface area contributed by atoms with Crippen LogP contribution in [0.2, 0.25) is 0 Å². The first-order valence-corrected chi connectivity index (χ1v) is 5.86. The largest absolute Gasteiger partial charge is 0.380 e. The first-order chi connectivity index (χ1) is 7.83. The lowest BCUT2D eigenvalue weighted by Gasteiger charge is -2.05. The molecule has 0 amide bonds. The van der Waals surface area contributed by atoms with Gasteiger partial charge in [0.05, 0.1) is 6.61 Å². The van der Waals surface area contributed by atoms with Crippen LogP contribution in [0.1, 0.15) is 18.9 Å². The van der Waals surface area contributed by atoms with E-state index in [0.717, 1.165) is 44.7 Å². The third-order valence-corrected chi connectivity index (χ3v) is 2.28. The Morgan fingerprint density at radius 2 is 1.88 bits per heavy atom. The van der Waals surface area contributed by atoms with E-state index in [1.165, 1.54) is 12.1 Å². The van der Waals surface area contributed by atoms with E-state index in [2.05, 4.69) is 12.2 Å². The van der Waals surface area contributed by atoms with Gasteiger partial charge in [0.25, 0.3) is 0 Å². The van der Waals surface area contributed by atoms with Crippen molar-refractivity contribution in [2.45, 2.75) is 19.8 Å². The molecule has 2 nitrogen and oxygen atoms in total. The molecule has 90 valence electrons. The molecule has 1 N–H and O–H groups in total. The topological polar surface area (TPSA) is 21.3 Å². The Morgan fingerprint density at radius 3 is 2.56 bits per heavy atom. The number of hydrogen-bond donors (Lipinski definition) is 1. The highest BCUT2D eigenvalue weighted by molar-refractivity contribution is 5.16. The number of hydrogen-bond acceptors (Lipinski definition) is 2. The van der Waals surface area contributed by atoms with Gasteiger partial charge in [0.2, 0.25) is 0 Å². The molecular formula is C13H20FNO. The van der Waals surface area contributed by atoms with Crippen molar-refractivity contribution in [2.24, 2.45) is 0 Å². The molecule has 0 heterocycles. The first kappa shape index (κ1) is 13.1. The van der Waals surface area contributed by atoms with Crippen LogP contribution >= 0.6 is 0 Å². The Bertz CT molecular complexity index is 274. The first-order valence-electron chi connectivity index (χ1n) is 5.86. The van der Waals surface area contributed by atoms with Gasteiger partial charge in [-0.15, -0.1) is 0 Å². The molecule has 1 aromatic rings. The zero-order valence-corrected chi connectivity index (χ0v) is 9.84. The molecule has 0 aliphatic carbocycles. The summed E-state index contributed by atoms with van der Waals surface area (Å²) in [5, 5.41) is 3.29. The predicted molar refractivity (Wildman–Crippen MR) is 64.1 cm³/mol. The second-order valence-corrected chi connectivity index (χ2v) is 3.74. The summed E-state index contributed by atoms with van der Waals surface area (Å²) in [6.45, 7) is 5.47. The van der Waals surface area contributed by atoms with E-state index in [9.17, 15) is 4.39 Å². The fourth-order valence-corrected chi connectivity index (χ4v) is 1.40. The Balaban J connectivity index is 2.01. The summed E-state index contributed by atoms with van der Waals surface area (Å²) < 4.78 is 18.0. The van der Waals surface area contributed by atoms with Gasteiger partial charge < -0.3 is 10.1 Å². The van der Waals surface area contributed by atoms with E-state index in [4.69, 9.17) is 4.74 Å². The van der Waals surface area contributed by atoms with E-state index in [0.29, 0.717) is 0 Å². The number of nitrogens with one attached hydrogen (secondary N) is 1. The van der Waals surface area contributed by atoms with E-state index >= 15 is 0 Å². The van der Waals surface area contributed by atoms with E-state index in [-0.39, 0.29) is 5.82 Å². The van der Waals surface area contributed by atoms with E-state index < -0.39 is 0 Å². The molecule has 0 aliphatic rings. The zero-order valence-electron chi connectivity index (χ0n) is 9.84. The summed E-state index contributed by atoms with van der Waals surface area (Å²) in [4.78, 5) is 0. The van der Waals surface area contributed by atoms with Crippen molar-refractivity contribution < 1.29 is 9.13 Å². The van der Waals surface area contributed by atoms with Gasteiger partial charge in [0.15, 0.2) is 0 Å². The molecule has 0 radical (unpaired) electrons. The average Bonchev–Trinajstić information content (AvgIpc) is 2.30. The maximum atomic E-state index is 12.6. The second kappa shape index (κ2) is 8.25. The number of ether oxygens (including phenoxy) is 1. The minimum Gasteiger partial charge on any atom is -0.380 e. The van der Waals surface area contributed by atoms with Crippen LogP contribution in [0.4, 0.5) is 4.39 Å². The Morgan fingerprint density at radius 1 is 1.12 bits per heavy atom. The van der Waals surface area contributed by atoms with Crippen molar-refractivity contribution >= 4 is 0 Å². The van der Waals surface area contributed by atoms with Crippen LogP contribution in [0, 0.1) is 5.82 Å². The van der Waals surface area contributed by atoms with Gasteiger partial charge in [-0.25, -0.2) is 4.39 Å². The highest BCUT2D eigenvalue weighted by Gasteiger charge is 1.94. The molecule has 0 aromatic heterocycles. The summed E-state index contributed by atoms with van der Waals surface area (Å²) in [5.74, 6) is -0.176. The lowest BCUT2D eigenvalue weighted by Crippen LogP contribution is -2.22. The van der Waals surface area contributed by atoms with Crippen LogP contribution in [-0.2, 0) is 11.2 Å². The minimum atomic E-state index is -0.176. The molecule has 0 fully saturated rings. The van der Waals surface area contributed by atoms with Crippen LogP contribution < -0.4 is 5.32 Å². The van der Waals surface area contributed by atoms with Crippen molar-refractivity contribution in [1.82, 2.24) is 5.32 Å². The quantitative estimate of drug-likeness (QED) is 0.686. The number of rotatable bonds is 8. The zero-order chi connectivity index (χ0) is 11.6. The Labute approximate surface area is 96.8 Å². The number of halogens is 1. The maximum absolute atomic E-state index is 12.6. The molecule has 0 spiro atoms. The molecule has 16 heavy (non-hydrogen) atoms. The molecule has 0 saturated carbocycles. The fraction of sp³-hybridized carbons (Fsp3) is 0.538. The van der Waals surface area contributed by atoms with E-state index in [1.807, 2.05) is 12.1 Å². The lowest BCUT2D eigenvalue weighted by atomic mass is 10.1. The van der Waals surface area contributed by atoms with Gasteiger partial charge in [0.1, 0.15) is 5.82 Å². The van der Waals surface area contributed by atoms with Crippen molar-refractivity contribution in [1.29, 1.82) is 0 Å². The molecule has 0 bridgehead atoms. The average molecular weight is 225 g/mol. The second-order valence-electron chi connectivity index (χ2n) is 3.74. The van der Waals surface area contributed by atoms with Gasteiger partial charge in [-0.2, -0.15) is 0 Å². The van der Waals surface area contributed by atoms with Gasteiger partial charge in [0, 0.05) is 13.2 Å². The van der Waals surface area contributed by atoms with Crippen molar-refractivity contribution in [3.63, 3.8) is 0 Å². The van der Waals surface area contributed by atoms with Crippen molar-refractivity contribution in [3.8, 4) is 0 Å². The number of benzene rings is 1. The van der Waals surface area contributed by atoms with Crippen LogP contribution in [0.5, 0.6) is 0 Å². The third-order valence-electron chi connectivity index (χ3n) is 2.28. The SMILES string of the molecule is CCCOCCNCCc1ccc(F)cc1. The fourth-order valence-electron chi connectivity index (χ4n) is 1.40. The van der Waals surface area contributed by atoms with Crippen molar-refractivity contribution in [3.05, 3.63) is 35.6 Å². The lowest BCUT2D eigenvalue weighted by molar-refractivity contribution is 0.137. The predicted octanol–water partition coefficient (Wildman–Crippen LogP) is 2.38. The Kier molecular flexibility index (Phi) is 6.77. The maximum Gasteiger partial charge on any atom is 0.123 e. The summed E-state index contributed by atoms with van der Waals surface area (Å²) >= 11 is 0. The molecule has 1 rings (SSSR count). The molecule has 0 atom stereocenters.